The van der Waals surface area contributed by atoms with Crippen LogP contribution in [0.4, 0.5) is 5.69 Å². The minimum absolute atomic E-state index is 0.0594. The highest BCUT2D eigenvalue weighted by Crippen LogP contribution is 2.28. The molecule has 0 saturated heterocycles. The molecule has 0 spiro atoms. The lowest BCUT2D eigenvalue weighted by molar-refractivity contribution is -0.113. The van der Waals surface area contributed by atoms with Crippen molar-refractivity contribution in [3.05, 3.63) is 69.6 Å². The van der Waals surface area contributed by atoms with Crippen molar-refractivity contribution in [3.63, 3.8) is 0 Å². The Labute approximate surface area is 186 Å². The van der Waals surface area contributed by atoms with Crippen molar-refractivity contribution in [2.75, 3.05) is 18.2 Å². The number of carbonyl (C=O) groups is 1. The summed E-state index contributed by atoms with van der Waals surface area (Å²) in [6.45, 7) is 1.98. The number of hydrogen-bond acceptors (Lipinski definition) is 6. The topological polar surface area (TPSA) is 102 Å². The van der Waals surface area contributed by atoms with E-state index in [0.29, 0.717) is 38.3 Å². The van der Waals surface area contributed by atoms with E-state index in [9.17, 15) is 9.59 Å². The molecule has 2 aromatic carbocycles. The first kappa shape index (κ1) is 21.0. The number of aromatic amines is 1. The van der Waals surface area contributed by atoms with Gasteiger partial charge in [-0.3, -0.25) is 19.3 Å². The number of benzene rings is 2. The summed E-state index contributed by atoms with van der Waals surface area (Å²) in [5.41, 5.74) is 2.34. The van der Waals surface area contributed by atoms with Crippen LogP contribution >= 0.6 is 23.4 Å². The van der Waals surface area contributed by atoms with Crippen LogP contribution in [0, 0.1) is 6.92 Å². The minimum atomic E-state index is -0.318. The lowest BCUT2D eigenvalue weighted by atomic mass is 10.2. The van der Waals surface area contributed by atoms with Gasteiger partial charge in [-0.2, -0.15) is 5.10 Å². The summed E-state index contributed by atoms with van der Waals surface area (Å²) in [6, 6.07) is 12.5. The number of anilines is 1. The highest BCUT2D eigenvalue weighted by atomic mass is 35.5. The summed E-state index contributed by atoms with van der Waals surface area (Å²) >= 11 is 7.40. The minimum Gasteiger partial charge on any atom is -0.495 e. The van der Waals surface area contributed by atoms with E-state index < -0.39 is 0 Å². The fourth-order valence-corrected chi connectivity index (χ4v) is 4.01. The highest BCUT2D eigenvalue weighted by molar-refractivity contribution is 7.99. The number of aryl methyl sites for hydroxylation is 1. The molecule has 4 rings (SSSR count). The van der Waals surface area contributed by atoms with Gasteiger partial charge in [-0.1, -0.05) is 41.1 Å². The van der Waals surface area contributed by atoms with Crippen LogP contribution in [0.25, 0.3) is 16.7 Å². The van der Waals surface area contributed by atoms with E-state index in [2.05, 4.69) is 20.5 Å². The molecule has 0 atom stereocenters. The van der Waals surface area contributed by atoms with Crippen molar-refractivity contribution >= 4 is 46.0 Å². The Bertz CT molecular complexity index is 1320. The van der Waals surface area contributed by atoms with Crippen LogP contribution in [0.15, 0.2) is 58.6 Å². The maximum Gasteiger partial charge on any atom is 0.269 e. The van der Waals surface area contributed by atoms with E-state index in [-0.39, 0.29) is 17.2 Å². The molecule has 2 aromatic heterocycles. The molecule has 2 heterocycles. The Balaban J connectivity index is 1.65. The molecule has 0 aliphatic rings. The maximum atomic E-state index is 13.1. The Morgan fingerprint density at radius 3 is 2.74 bits per heavy atom. The van der Waals surface area contributed by atoms with Gasteiger partial charge in [0.1, 0.15) is 11.1 Å². The van der Waals surface area contributed by atoms with E-state index in [1.165, 1.54) is 17.9 Å². The second-order valence-electron chi connectivity index (χ2n) is 6.69. The van der Waals surface area contributed by atoms with Crippen molar-refractivity contribution in [3.8, 4) is 11.4 Å². The van der Waals surface area contributed by atoms with Crippen LogP contribution in [0.3, 0.4) is 0 Å². The summed E-state index contributed by atoms with van der Waals surface area (Å²) in [4.78, 5) is 30.1. The average molecular weight is 456 g/mol. The summed E-state index contributed by atoms with van der Waals surface area (Å²) in [6.07, 6.45) is 1.42. The Hall–Kier alpha value is -3.30. The number of fused-ring (bicyclic) bond motifs is 1. The Morgan fingerprint density at radius 1 is 1.26 bits per heavy atom. The molecule has 0 aliphatic heterocycles. The number of ether oxygens (including phenoxy) is 1. The third-order valence-electron chi connectivity index (χ3n) is 4.51. The van der Waals surface area contributed by atoms with Gasteiger partial charge in [0.25, 0.3) is 5.56 Å². The van der Waals surface area contributed by atoms with Gasteiger partial charge in [0.05, 0.1) is 29.8 Å². The quantitative estimate of drug-likeness (QED) is 0.338. The molecular weight excluding hydrogens is 438 g/mol. The van der Waals surface area contributed by atoms with Gasteiger partial charge >= 0.3 is 0 Å². The van der Waals surface area contributed by atoms with Gasteiger partial charge in [0, 0.05) is 5.69 Å². The van der Waals surface area contributed by atoms with Crippen LogP contribution in [0.5, 0.6) is 5.75 Å². The number of halogens is 1. The molecule has 0 unspecified atom stereocenters. The van der Waals surface area contributed by atoms with Crippen molar-refractivity contribution in [1.82, 2.24) is 19.7 Å². The van der Waals surface area contributed by atoms with Crippen molar-refractivity contribution in [2.24, 2.45) is 0 Å². The molecule has 158 valence electrons. The molecule has 0 radical (unpaired) electrons. The predicted molar refractivity (Wildman–Crippen MR) is 122 cm³/mol. The van der Waals surface area contributed by atoms with Crippen LogP contribution in [-0.4, -0.2) is 38.5 Å². The number of carbonyl (C=O) groups excluding carboxylic acids is 1. The van der Waals surface area contributed by atoms with Gasteiger partial charge < -0.3 is 10.1 Å². The first-order valence-electron chi connectivity index (χ1n) is 9.25. The van der Waals surface area contributed by atoms with Crippen molar-refractivity contribution in [1.29, 1.82) is 0 Å². The van der Waals surface area contributed by atoms with E-state index in [4.69, 9.17) is 16.3 Å². The number of thioether (sulfide) groups is 1. The van der Waals surface area contributed by atoms with Crippen molar-refractivity contribution in [2.45, 2.75) is 12.1 Å². The molecule has 0 saturated carbocycles. The zero-order valence-corrected chi connectivity index (χ0v) is 18.3. The number of hydrogen-bond donors (Lipinski definition) is 2. The summed E-state index contributed by atoms with van der Waals surface area (Å²) in [7, 11) is 1.51. The molecule has 31 heavy (non-hydrogen) atoms. The summed E-state index contributed by atoms with van der Waals surface area (Å²) in [5, 5.41) is 10.5. The second kappa shape index (κ2) is 8.83. The maximum absolute atomic E-state index is 13.1. The zero-order chi connectivity index (χ0) is 22.0. The molecule has 0 bridgehead atoms. The number of nitrogens with zero attached hydrogens (tertiary/aromatic N) is 3. The van der Waals surface area contributed by atoms with Crippen molar-refractivity contribution < 1.29 is 9.53 Å². The normalized spacial score (nSPS) is 10.9. The Kier molecular flexibility index (Phi) is 5.97. The monoisotopic (exact) mass is 455 g/mol. The average Bonchev–Trinajstić information content (AvgIpc) is 3.23. The number of nitrogens with one attached hydrogen (secondary N) is 2. The van der Waals surface area contributed by atoms with Crippen LogP contribution in [0.2, 0.25) is 5.02 Å². The second-order valence-corrected chi connectivity index (χ2v) is 8.04. The number of amides is 1. The Morgan fingerprint density at radius 2 is 2.03 bits per heavy atom. The number of H-pyrrole nitrogens is 1. The smallest absolute Gasteiger partial charge is 0.269 e. The van der Waals surface area contributed by atoms with E-state index in [1.54, 1.807) is 18.2 Å². The molecule has 0 fully saturated rings. The van der Waals surface area contributed by atoms with Gasteiger partial charge in [0.2, 0.25) is 5.91 Å². The third kappa shape index (κ3) is 4.42. The lowest BCUT2D eigenvalue weighted by Gasteiger charge is -2.13. The van der Waals surface area contributed by atoms with E-state index in [0.717, 1.165) is 17.3 Å². The largest absolute Gasteiger partial charge is 0.495 e. The number of aromatic nitrogens is 4. The van der Waals surface area contributed by atoms with Crippen LogP contribution in [0.1, 0.15) is 5.56 Å². The van der Waals surface area contributed by atoms with Crippen LogP contribution in [-0.2, 0) is 4.79 Å². The molecule has 2 N–H and O–H groups in total. The fourth-order valence-electron chi connectivity index (χ4n) is 2.96. The molecule has 8 nitrogen and oxygen atoms in total. The summed E-state index contributed by atoms with van der Waals surface area (Å²) in [5.74, 6) is 0.332. The molecule has 10 heteroatoms. The first-order chi connectivity index (χ1) is 15.0. The van der Waals surface area contributed by atoms with Crippen LogP contribution < -0.4 is 15.6 Å². The lowest BCUT2D eigenvalue weighted by Crippen LogP contribution is -2.22. The standard InChI is InChI=1S/C21H18ClN5O3S/c1-12-3-5-13(6-4-12)24-18(28)11-31-21-25-19-15(10-23-26-19)20(29)27(21)14-7-8-17(30-2)16(22)9-14/h3-10H,11H2,1-2H3,(H,23,26)(H,24,28). The molecule has 4 aromatic rings. The van der Waals surface area contributed by atoms with Gasteiger partial charge in [-0.15, -0.1) is 0 Å². The zero-order valence-electron chi connectivity index (χ0n) is 16.7. The molecule has 1 amide bonds. The number of methoxy groups -OCH3 is 1. The third-order valence-corrected chi connectivity index (χ3v) is 5.75. The fraction of sp³-hybridized carbons (Fsp3) is 0.143. The molecule has 0 aliphatic carbocycles. The molecular formula is C21H18ClN5O3S. The van der Waals surface area contributed by atoms with Gasteiger partial charge in [0.15, 0.2) is 10.8 Å². The number of rotatable bonds is 6. The highest BCUT2D eigenvalue weighted by Gasteiger charge is 2.17. The van der Waals surface area contributed by atoms with Gasteiger partial charge in [-0.25, -0.2) is 4.98 Å². The van der Waals surface area contributed by atoms with E-state index in [1.807, 2.05) is 31.2 Å². The SMILES string of the molecule is COc1ccc(-n2c(SCC(=O)Nc3ccc(C)cc3)nc3[nH]ncc3c2=O)cc1Cl. The van der Waals surface area contributed by atoms with Gasteiger partial charge in [-0.05, 0) is 37.3 Å². The summed E-state index contributed by atoms with van der Waals surface area (Å²) < 4.78 is 6.60. The predicted octanol–water partition coefficient (Wildman–Crippen LogP) is 3.81. The first-order valence-corrected chi connectivity index (χ1v) is 10.6. The van der Waals surface area contributed by atoms with E-state index >= 15 is 0 Å².